The predicted octanol–water partition coefficient (Wildman–Crippen LogP) is 3.09. The van der Waals surface area contributed by atoms with Crippen molar-refractivity contribution in [3.05, 3.63) is 59.7 Å². The van der Waals surface area contributed by atoms with Crippen molar-refractivity contribution in [2.45, 2.75) is 18.0 Å². The number of anilines is 1. The zero-order chi connectivity index (χ0) is 18.7. The van der Waals surface area contributed by atoms with Gasteiger partial charge in [-0.15, -0.1) is 0 Å². The molecule has 2 aromatic carbocycles. The molecule has 9 heteroatoms. The minimum atomic E-state index is -4.64. The highest BCUT2D eigenvalue weighted by molar-refractivity contribution is 7.89. The van der Waals surface area contributed by atoms with Crippen LogP contribution in [0.15, 0.2) is 53.4 Å². The number of alkyl halides is 3. The molecule has 0 saturated carbocycles. The number of amides is 1. The van der Waals surface area contributed by atoms with Crippen LogP contribution in [0.5, 0.6) is 0 Å². The van der Waals surface area contributed by atoms with E-state index in [0.717, 1.165) is 17.7 Å². The van der Waals surface area contributed by atoms with E-state index in [4.69, 9.17) is 0 Å². The lowest BCUT2D eigenvalue weighted by molar-refractivity contribution is -0.121. The maximum Gasteiger partial charge on any atom is 0.402 e. The Hall–Kier alpha value is -2.39. The molecule has 1 amide bonds. The van der Waals surface area contributed by atoms with Crippen molar-refractivity contribution in [2.24, 2.45) is 0 Å². The number of rotatable bonds is 5. The highest BCUT2D eigenvalue weighted by Gasteiger charge is 2.30. The Labute approximate surface area is 142 Å². The summed E-state index contributed by atoms with van der Waals surface area (Å²) in [7, 11) is -4.28. The van der Waals surface area contributed by atoms with Gasteiger partial charge in [-0.3, -0.25) is 4.79 Å². The quantitative estimate of drug-likeness (QED) is 0.847. The summed E-state index contributed by atoms with van der Waals surface area (Å²) in [6.07, 6.45) is -4.64. The monoisotopic (exact) mass is 372 g/mol. The smallest absolute Gasteiger partial charge is 0.322 e. The summed E-state index contributed by atoms with van der Waals surface area (Å²) in [6, 6.07) is 11.7. The van der Waals surface area contributed by atoms with Gasteiger partial charge in [-0.25, -0.2) is 13.1 Å². The standard InChI is InChI=1S/C16H15F3N2O3S/c1-11-2-4-12(5-3-11)15(22)21-13-6-8-14(9-7-13)25(23,24)20-10-16(17,18)19/h2-9,20H,10H2,1H3,(H,21,22). The van der Waals surface area contributed by atoms with Crippen molar-refractivity contribution in [1.82, 2.24) is 4.72 Å². The van der Waals surface area contributed by atoms with Gasteiger partial charge in [-0.2, -0.15) is 13.2 Å². The molecule has 134 valence electrons. The number of hydrogen-bond acceptors (Lipinski definition) is 3. The first-order chi connectivity index (χ1) is 11.6. The van der Waals surface area contributed by atoms with Gasteiger partial charge in [0.15, 0.2) is 0 Å². The number of halogens is 3. The molecule has 0 saturated heterocycles. The van der Waals surface area contributed by atoms with E-state index >= 15 is 0 Å². The average molecular weight is 372 g/mol. The highest BCUT2D eigenvalue weighted by Crippen LogP contribution is 2.17. The normalized spacial score (nSPS) is 12.0. The zero-order valence-corrected chi connectivity index (χ0v) is 13.9. The molecule has 0 bridgehead atoms. The van der Waals surface area contributed by atoms with Gasteiger partial charge < -0.3 is 5.32 Å². The molecule has 25 heavy (non-hydrogen) atoms. The number of sulfonamides is 1. The molecule has 0 heterocycles. The summed E-state index contributed by atoms with van der Waals surface area (Å²) < 4.78 is 61.4. The van der Waals surface area contributed by atoms with Crippen LogP contribution in [-0.2, 0) is 10.0 Å². The summed E-state index contributed by atoms with van der Waals surface area (Å²) >= 11 is 0. The number of carbonyl (C=O) groups excluding carboxylic acids is 1. The van der Waals surface area contributed by atoms with Gasteiger partial charge >= 0.3 is 6.18 Å². The predicted molar refractivity (Wildman–Crippen MR) is 86.8 cm³/mol. The third-order valence-corrected chi connectivity index (χ3v) is 4.62. The van der Waals surface area contributed by atoms with E-state index < -0.39 is 22.7 Å². The van der Waals surface area contributed by atoms with E-state index in [1.54, 1.807) is 24.3 Å². The minimum Gasteiger partial charge on any atom is -0.322 e. The van der Waals surface area contributed by atoms with Crippen LogP contribution in [0.2, 0.25) is 0 Å². The van der Waals surface area contributed by atoms with E-state index in [1.165, 1.54) is 16.9 Å². The number of carbonyl (C=O) groups is 1. The first-order valence-corrected chi connectivity index (χ1v) is 8.60. The second-order valence-corrected chi connectivity index (χ2v) is 7.05. The first-order valence-electron chi connectivity index (χ1n) is 7.11. The molecule has 2 N–H and O–H groups in total. The van der Waals surface area contributed by atoms with Gasteiger partial charge in [0.1, 0.15) is 6.54 Å². The molecule has 5 nitrogen and oxygen atoms in total. The third kappa shape index (κ3) is 5.57. The highest BCUT2D eigenvalue weighted by atomic mass is 32.2. The summed E-state index contributed by atoms with van der Waals surface area (Å²) in [4.78, 5) is 11.7. The number of nitrogens with one attached hydrogen (secondary N) is 2. The van der Waals surface area contributed by atoms with Crippen LogP contribution in [0, 0.1) is 6.92 Å². The van der Waals surface area contributed by atoms with Crippen LogP contribution in [0.3, 0.4) is 0 Å². The number of hydrogen-bond donors (Lipinski definition) is 2. The zero-order valence-electron chi connectivity index (χ0n) is 13.1. The van der Waals surface area contributed by atoms with Crippen molar-refractivity contribution in [3.63, 3.8) is 0 Å². The second-order valence-electron chi connectivity index (χ2n) is 5.28. The van der Waals surface area contributed by atoms with Gasteiger partial charge in [0.2, 0.25) is 10.0 Å². The molecule has 0 unspecified atom stereocenters. The molecule has 0 aliphatic carbocycles. The topological polar surface area (TPSA) is 75.3 Å². The van der Waals surface area contributed by atoms with E-state index in [9.17, 15) is 26.4 Å². The van der Waals surface area contributed by atoms with E-state index in [-0.39, 0.29) is 10.8 Å². The first kappa shape index (κ1) is 18.9. The molecule has 0 aliphatic rings. The lowest BCUT2D eigenvalue weighted by Crippen LogP contribution is -2.33. The van der Waals surface area contributed by atoms with Crippen LogP contribution >= 0.6 is 0 Å². The Morgan fingerprint density at radius 1 is 1.00 bits per heavy atom. The molecule has 2 rings (SSSR count). The van der Waals surface area contributed by atoms with Crippen molar-refractivity contribution in [3.8, 4) is 0 Å². The van der Waals surface area contributed by atoms with E-state index in [1.807, 2.05) is 6.92 Å². The minimum absolute atomic E-state index is 0.320. The molecule has 0 spiro atoms. The fraction of sp³-hybridized carbons (Fsp3) is 0.188. The fourth-order valence-electron chi connectivity index (χ4n) is 1.89. The van der Waals surface area contributed by atoms with Crippen molar-refractivity contribution < 1.29 is 26.4 Å². The molecule has 0 aliphatic heterocycles. The SMILES string of the molecule is Cc1ccc(C(=O)Nc2ccc(S(=O)(=O)NCC(F)(F)F)cc2)cc1. The summed E-state index contributed by atoms with van der Waals surface area (Å²) in [5.74, 6) is -0.384. The average Bonchev–Trinajstić information content (AvgIpc) is 2.53. The van der Waals surface area contributed by atoms with Crippen molar-refractivity contribution in [2.75, 3.05) is 11.9 Å². The fourth-order valence-corrected chi connectivity index (χ4v) is 2.90. The summed E-state index contributed by atoms with van der Waals surface area (Å²) in [5, 5.41) is 2.58. The lowest BCUT2D eigenvalue weighted by Gasteiger charge is -2.10. The maximum absolute atomic E-state index is 12.1. The molecule has 0 fully saturated rings. The van der Waals surface area contributed by atoms with Crippen molar-refractivity contribution in [1.29, 1.82) is 0 Å². The Bertz CT molecular complexity index is 846. The van der Waals surface area contributed by atoms with Gasteiger partial charge in [0, 0.05) is 11.3 Å². The second kappa shape index (κ2) is 7.24. The Morgan fingerprint density at radius 3 is 2.08 bits per heavy atom. The van der Waals surface area contributed by atoms with E-state index in [0.29, 0.717) is 11.3 Å². The van der Waals surface area contributed by atoms with Crippen LogP contribution in [0.4, 0.5) is 18.9 Å². The van der Waals surface area contributed by atoms with Gasteiger partial charge in [0.05, 0.1) is 4.90 Å². The Balaban J connectivity index is 2.06. The largest absolute Gasteiger partial charge is 0.402 e. The number of benzene rings is 2. The van der Waals surface area contributed by atoms with Crippen molar-refractivity contribution >= 4 is 21.6 Å². The maximum atomic E-state index is 12.1. The molecule has 0 aromatic heterocycles. The third-order valence-electron chi connectivity index (χ3n) is 3.20. The molecular weight excluding hydrogens is 357 g/mol. The summed E-state index contributed by atoms with van der Waals surface area (Å²) in [5.41, 5.74) is 1.74. The molecule has 2 aromatic rings. The van der Waals surface area contributed by atoms with Gasteiger partial charge in [-0.05, 0) is 43.3 Å². The lowest BCUT2D eigenvalue weighted by atomic mass is 10.1. The van der Waals surface area contributed by atoms with E-state index in [2.05, 4.69) is 5.32 Å². The number of aryl methyl sites for hydroxylation is 1. The van der Waals surface area contributed by atoms with Crippen LogP contribution in [0.25, 0.3) is 0 Å². The molecular formula is C16H15F3N2O3S. The van der Waals surface area contributed by atoms with Crippen LogP contribution in [0.1, 0.15) is 15.9 Å². The van der Waals surface area contributed by atoms with Crippen LogP contribution in [-0.4, -0.2) is 27.0 Å². The molecule has 0 atom stereocenters. The van der Waals surface area contributed by atoms with Gasteiger partial charge in [-0.1, -0.05) is 17.7 Å². The Kier molecular flexibility index (Phi) is 5.48. The summed E-state index contributed by atoms with van der Waals surface area (Å²) in [6.45, 7) is 0.231. The molecule has 0 radical (unpaired) electrons. The van der Waals surface area contributed by atoms with Gasteiger partial charge in [0.25, 0.3) is 5.91 Å². The Morgan fingerprint density at radius 2 is 1.56 bits per heavy atom. The van der Waals surface area contributed by atoms with Crippen LogP contribution < -0.4 is 10.0 Å².